The van der Waals surface area contributed by atoms with E-state index >= 15 is 0 Å². The van der Waals surface area contributed by atoms with Gasteiger partial charge in [0, 0.05) is 13.2 Å². The van der Waals surface area contributed by atoms with Crippen LogP contribution in [0.3, 0.4) is 0 Å². The molecule has 15 heavy (non-hydrogen) atoms. The van der Waals surface area contributed by atoms with E-state index in [1.807, 2.05) is 0 Å². The van der Waals surface area contributed by atoms with E-state index in [1.54, 1.807) is 14.0 Å². The standard InChI is InChI=1S/C9H17NO5/c1-7(5-9(12)13)10-8(11)6-15-4-3-14-2/h7H,3-6H2,1-2H3,(H,10,11)(H,12,13). The van der Waals surface area contributed by atoms with Crippen LogP contribution in [-0.2, 0) is 19.1 Å². The molecular weight excluding hydrogens is 202 g/mol. The zero-order valence-electron chi connectivity index (χ0n) is 8.99. The maximum atomic E-state index is 11.1. The molecule has 0 aliphatic carbocycles. The van der Waals surface area contributed by atoms with Crippen molar-refractivity contribution in [2.45, 2.75) is 19.4 Å². The topological polar surface area (TPSA) is 84.9 Å². The van der Waals surface area contributed by atoms with Gasteiger partial charge in [-0.25, -0.2) is 0 Å². The summed E-state index contributed by atoms with van der Waals surface area (Å²) in [6.45, 7) is 2.32. The zero-order valence-corrected chi connectivity index (χ0v) is 8.99. The Bertz CT molecular complexity index is 207. The summed E-state index contributed by atoms with van der Waals surface area (Å²) in [6, 6.07) is -0.388. The molecule has 0 saturated heterocycles. The summed E-state index contributed by atoms with van der Waals surface area (Å²) in [6.07, 6.45) is -0.0934. The summed E-state index contributed by atoms with van der Waals surface area (Å²) in [5.41, 5.74) is 0. The summed E-state index contributed by atoms with van der Waals surface area (Å²) in [5, 5.41) is 10.9. The Hall–Kier alpha value is -1.14. The quantitative estimate of drug-likeness (QED) is 0.544. The van der Waals surface area contributed by atoms with Gasteiger partial charge in [-0.2, -0.15) is 0 Å². The van der Waals surface area contributed by atoms with Gasteiger partial charge in [-0.15, -0.1) is 0 Å². The van der Waals surface area contributed by atoms with Crippen LogP contribution in [0.1, 0.15) is 13.3 Å². The van der Waals surface area contributed by atoms with Crippen molar-refractivity contribution in [1.82, 2.24) is 5.32 Å². The molecule has 0 aliphatic rings. The van der Waals surface area contributed by atoms with Crippen molar-refractivity contribution < 1.29 is 24.2 Å². The number of carboxylic acid groups (broad SMARTS) is 1. The Morgan fingerprint density at radius 3 is 2.60 bits per heavy atom. The van der Waals surface area contributed by atoms with E-state index < -0.39 is 5.97 Å². The number of hydrogen-bond acceptors (Lipinski definition) is 4. The van der Waals surface area contributed by atoms with Crippen LogP contribution in [0.2, 0.25) is 0 Å². The highest BCUT2D eigenvalue weighted by atomic mass is 16.5. The van der Waals surface area contributed by atoms with Crippen molar-refractivity contribution in [1.29, 1.82) is 0 Å². The number of hydrogen-bond donors (Lipinski definition) is 2. The van der Waals surface area contributed by atoms with Crippen molar-refractivity contribution in [3.8, 4) is 0 Å². The normalized spacial score (nSPS) is 12.1. The number of methoxy groups -OCH3 is 1. The molecule has 0 aliphatic heterocycles. The largest absolute Gasteiger partial charge is 0.481 e. The van der Waals surface area contributed by atoms with Gasteiger partial charge in [0.25, 0.3) is 0 Å². The van der Waals surface area contributed by atoms with E-state index in [0.29, 0.717) is 13.2 Å². The van der Waals surface area contributed by atoms with Crippen LogP contribution in [0.25, 0.3) is 0 Å². The number of rotatable bonds is 8. The third-order valence-electron chi connectivity index (χ3n) is 1.55. The minimum Gasteiger partial charge on any atom is -0.481 e. The zero-order chi connectivity index (χ0) is 11.7. The van der Waals surface area contributed by atoms with E-state index in [4.69, 9.17) is 14.6 Å². The lowest BCUT2D eigenvalue weighted by Crippen LogP contribution is -2.36. The Kier molecular flexibility index (Phi) is 7.57. The third kappa shape index (κ3) is 9.17. The molecule has 0 heterocycles. The molecule has 0 radical (unpaired) electrons. The van der Waals surface area contributed by atoms with Gasteiger partial charge in [-0.3, -0.25) is 9.59 Å². The first kappa shape index (κ1) is 13.9. The van der Waals surface area contributed by atoms with E-state index in [2.05, 4.69) is 5.32 Å². The second-order valence-electron chi connectivity index (χ2n) is 3.11. The van der Waals surface area contributed by atoms with Gasteiger partial charge in [-0.1, -0.05) is 0 Å². The molecule has 88 valence electrons. The van der Waals surface area contributed by atoms with Crippen molar-refractivity contribution in [3.63, 3.8) is 0 Å². The van der Waals surface area contributed by atoms with Gasteiger partial charge in [-0.05, 0) is 6.92 Å². The molecule has 0 bridgehead atoms. The minimum absolute atomic E-state index is 0.0761. The Morgan fingerprint density at radius 2 is 2.07 bits per heavy atom. The molecule has 1 unspecified atom stereocenters. The van der Waals surface area contributed by atoms with Crippen LogP contribution < -0.4 is 5.32 Å². The maximum absolute atomic E-state index is 11.1. The second-order valence-corrected chi connectivity index (χ2v) is 3.11. The summed E-state index contributed by atoms with van der Waals surface area (Å²) in [4.78, 5) is 21.4. The molecule has 0 rings (SSSR count). The van der Waals surface area contributed by atoms with E-state index in [-0.39, 0.29) is 25.0 Å². The molecule has 0 spiro atoms. The van der Waals surface area contributed by atoms with Crippen LogP contribution in [-0.4, -0.2) is 50.0 Å². The Labute approximate surface area is 88.6 Å². The highest BCUT2D eigenvalue weighted by Crippen LogP contribution is 1.90. The lowest BCUT2D eigenvalue weighted by Gasteiger charge is -2.11. The lowest BCUT2D eigenvalue weighted by molar-refractivity contribution is -0.137. The first-order chi connectivity index (χ1) is 7.06. The summed E-state index contributed by atoms with van der Waals surface area (Å²) in [5.74, 6) is -1.26. The molecule has 6 nitrogen and oxygen atoms in total. The number of nitrogens with one attached hydrogen (secondary N) is 1. The lowest BCUT2D eigenvalue weighted by atomic mass is 10.2. The third-order valence-corrected chi connectivity index (χ3v) is 1.55. The summed E-state index contributed by atoms with van der Waals surface area (Å²) < 4.78 is 9.68. The Morgan fingerprint density at radius 1 is 1.40 bits per heavy atom. The fourth-order valence-electron chi connectivity index (χ4n) is 0.937. The van der Waals surface area contributed by atoms with Gasteiger partial charge in [0.1, 0.15) is 6.61 Å². The predicted octanol–water partition coefficient (Wildman–Crippen LogP) is -0.371. The van der Waals surface area contributed by atoms with Crippen molar-refractivity contribution in [2.75, 3.05) is 26.9 Å². The molecule has 0 saturated carbocycles. The smallest absolute Gasteiger partial charge is 0.305 e. The fraction of sp³-hybridized carbons (Fsp3) is 0.778. The second kappa shape index (κ2) is 8.19. The van der Waals surface area contributed by atoms with Crippen LogP contribution in [0.5, 0.6) is 0 Å². The van der Waals surface area contributed by atoms with Gasteiger partial charge in [0.2, 0.25) is 5.91 Å². The molecule has 1 amide bonds. The molecule has 1 atom stereocenters. The molecule has 6 heteroatoms. The average Bonchev–Trinajstić information content (AvgIpc) is 2.10. The van der Waals surface area contributed by atoms with Crippen LogP contribution >= 0.6 is 0 Å². The molecule has 0 aromatic rings. The monoisotopic (exact) mass is 219 g/mol. The number of amides is 1. The highest BCUT2D eigenvalue weighted by Gasteiger charge is 2.10. The van der Waals surface area contributed by atoms with Gasteiger partial charge >= 0.3 is 5.97 Å². The van der Waals surface area contributed by atoms with Gasteiger partial charge < -0.3 is 19.9 Å². The molecular formula is C9H17NO5. The number of ether oxygens (including phenoxy) is 2. The van der Waals surface area contributed by atoms with Crippen LogP contribution in [0.4, 0.5) is 0 Å². The average molecular weight is 219 g/mol. The Balaban J connectivity index is 3.51. The van der Waals surface area contributed by atoms with Crippen molar-refractivity contribution >= 4 is 11.9 Å². The SMILES string of the molecule is COCCOCC(=O)NC(C)CC(=O)O. The first-order valence-corrected chi connectivity index (χ1v) is 4.64. The van der Waals surface area contributed by atoms with E-state index in [1.165, 1.54) is 0 Å². The first-order valence-electron chi connectivity index (χ1n) is 4.64. The predicted molar refractivity (Wildman–Crippen MR) is 52.6 cm³/mol. The van der Waals surface area contributed by atoms with Crippen molar-refractivity contribution in [2.24, 2.45) is 0 Å². The van der Waals surface area contributed by atoms with E-state index in [0.717, 1.165) is 0 Å². The molecule has 0 fully saturated rings. The van der Waals surface area contributed by atoms with Crippen LogP contribution in [0.15, 0.2) is 0 Å². The van der Waals surface area contributed by atoms with Crippen LogP contribution in [0, 0.1) is 0 Å². The fourth-order valence-corrected chi connectivity index (χ4v) is 0.937. The molecule has 0 aromatic heterocycles. The van der Waals surface area contributed by atoms with Gasteiger partial charge in [0.05, 0.1) is 19.6 Å². The highest BCUT2D eigenvalue weighted by molar-refractivity contribution is 5.78. The summed E-state index contributed by atoms with van der Waals surface area (Å²) in [7, 11) is 1.54. The maximum Gasteiger partial charge on any atom is 0.305 e. The number of carboxylic acids is 1. The van der Waals surface area contributed by atoms with Crippen molar-refractivity contribution in [3.05, 3.63) is 0 Å². The molecule has 2 N–H and O–H groups in total. The number of aliphatic carboxylic acids is 1. The van der Waals surface area contributed by atoms with E-state index in [9.17, 15) is 9.59 Å². The number of carbonyl (C=O) groups is 2. The molecule has 0 aromatic carbocycles. The minimum atomic E-state index is -0.942. The van der Waals surface area contributed by atoms with Gasteiger partial charge in [0.15, 0.2) is 0 Å². The number of carbonyl (C=O) groups excluding carboxylic acids is 1. The summed E-state index contributed by atoms with van der Waals surface area (Å²) >= 11 is 0.